The predicted molar refractivity (Wildman–Crippen MR) is 39.2 cm³/mol. The minimum atomic E-state index is 0.579. The first-order valence-electron chi connectivity index (χ1n) is 3.73. The van der Waals surface area contributed by atoms with Gasteiger partial charge in [0.2, 0.25) is 0 Å². The summed E-state index contributed by atoms with van der Waals surface area (Å²) in [6, 6.07) is 0. The molecule has 0 spiro atoms. The summed E-state index contributed by atoms with van der Waals surface area (Å²) in [5.74, 6) is 0. The highest BCUT2D eigenvalue weighted by Crippen LogP contribution is 2.46. The van der Waals surface area contributed by atoms with Crippen molar-refractivity contribution in [3.05, 3.63) is 23.8 Å². The molecule has 2 bridgehead atoms. The van der Waals surface area contributed by atoms with Gasteiger partial charge in [-0.1, -0.05) is 30.7 Å². The first kappa shape index (κ1) is 5.28. The van der Waals surface area contributed by atoms with Gasteiger partial charge < -0.3 is 0 Å². The molecule has 0 N–H and O–H groups in total. The summed E-state index contributed by atoms with van der Waals surface area (Å²) < 4.78 is 0. The zero-order chi connectivity index (χ0) is 6.32. The zero-order valence-corrected chi connectivity index (χ0v) is 5.85. The Morgan fingerprint density at radius 1 is 1.67 bits per heavy atom. The largest absolute Gasteiger partial charge is 0.0804 e. The van der Waals surface area contributed by atoms with Crippen LogP contribution >= 0.6 is 0 Å². The lowest BCUT2D eigenvalue weighted by Crippen LogP contribution is -2.08. The maximum Gasteiger partial charge on any atom is -0.00428 e. The molecule has 0 aromatic heterocycles. The maximum absolute atomic E-state index is 2.39. The summed E-state index contributed by atoms with van der Waals surface area (Å²) in [7, 11) is 0. The van der Waals surface area contributed by atoms with Crippen molar-refractivity contribution in [2.24, 2.45) is 5.41 Å². The van der Waals surface area contributed by atoms with Gasteiger partial charge in [0.15, 0.2) is 0 Å². The monoisotopic (exact) mass is 120 g/mol. The van der Waals surface area contributed by atoms with Crippen LogP contribution in [0, 0.1) is 5.41 Å². The van der Waals surface area contributed by atoms with Gasteiger partial charge in [-0.3, -0.25) is 0 Å². The van der Waals surface area contributed by atoms with Crippen LogP contribution in [0.4, 0.5) is 0 Å². The SMILES string of the molecule is CCC12C=CC(=CC1)C2. The third-order valence-electron chi connectivity index (χ3n) is 2.68. The fraction of sp³-hybridized carbons (Fsp3) is 0.556. The number of hydrogen-bond acceptors (Lipinski definition) is 0. The van der Waals surface area contributed by atoms with Gasteiger partial charge in [0.05, 0.1) is 0 Å². The molecule has 0 aromatic rings. The number of fused-ring (bicyclic) bond motifs is 2. The molecule has 1 unspecified atom stereocenters. The van der Waals surface area contributed by atoms with Crippen molar-refractivity contribution in [1.82, 2.24) is 0 Å². The number of rotatable bonds is 1. The van der Waals surface area contributed by atoms with E-state index in [0.29, 0.717) is 5.41 Å². The molecule has 0 heterocycles. The normalized spacial score (nSPS) is 37.7. The van der Waals surface area contributed by atoms with Crippen molar-refractivity contribution in [1.29, 1.82) is 0 Å². The van der Waals surface area contributed by atoms with Crippen molar-refractivity contribution < 1.29 is 0 Å². The lowest BCUT2D eigenvalue weighted by atomic mass is 9.85. The Morgan fingerprint density at radius 3 is 2.78 bits per heavy atom. The quantitative estimate of drug-likeness (QED) is 0.499. The molecular weight excluding hydrogens is 108 g/mol. The summed E-state index contributed by atoms with van der Waals surface area (Å²) in [6.07, 6.45) is 11.0. The molecule has 2 aliphatic carbocycles. The van der Waals surface area contributed by atoms with Gasteiger partial charge in [-0.15, -0.1) is 0 Å². The second-order valence-corrected chi connectivity index (χ2v) is 3.21. The summed E-state index contributed by atoms with van der Waals surface area (Å²) in [6.45, 7) is 2.28. The van der Waals surface area contributed by atoms with E-state index in [9.17, 15) is 0 Å². The molecule has 0 aromatic carbocycles. The van der Waals surface area contributed by atoms with E-state index in [4.69, 9.17) is 0 Å². The van der Waals surface area contributed by atoms with Crippen molar-refractivity contribution in [3.8, 4) is 0 Å². The molecule has 9 heavy (non-hydrogen) atoms. The molecule has 0 heteroatoms. The fourth-order valence-corrected chi connectivity index (χ4v) is 1.81. The van der Waals surface area contributed by atoms with Gasteiger partial charge in [0.25, 0.3) is 0 Å². The van der Waals surface area contributed by atoms with Crippen molar-refractivity contribution in [2.45, 2.75) is 26.2 Å². The van der Waals surface area contributed by atoms with E-state index in [0.717, 1.165) is 0 Å². The molecule has 2 rings (SSSR count). The van der Waals surface area contributed by atoms with Crippen molar-refractivity contribution in [2.75, 3.05) is 0 Å². The summed E-state index contributed by atoms with van der Waals surface area (Å²) >= 11 is 0. The van der Waals surface area contributed by atoms with Crippen LogP contribution in [0.2, 0.25) is 0 Å². The molecule has 0 fully saturated rings. The summed E-state index contributed by atoms with van der Waals surface area (Å²) in [5, 5.41) is 0. The highest BCUT2D eigenvalue weighted by molar-refractivity contribution is 5.36. The second-order valence-electron chi connectivity index (χ2n) is 3.21. The number of allylic oxidation sites excluding steroid dienone is 4. The predicted octanol–water partition coefficient (Wildman–Crippen LogP) is 2.67. The number of hydrogen-bond donors (Lipinski definition) is 0. The topological polar surface area (TPSA) is 0 Å². The average molecular weight is 120 g/mol. The standard InChI is InChI=1S/C9H12/c1-2-9-5-3-8(7-9)4-6-9/h3-5H,2,6-7H2,1H3. The van der Waals surface area contributed by atoms with Crippen LogP contribution < -0.4 is 0 Å². The van der Waals surface area contributed by atoms with Crippen LogP contribution in [0.3, 0.4) is 0 Å². The van der Waals surface area contributed by atoms with E-state index < -0.39 is 0 Å². The van der Waals surface area contributed by atoms with Gasteiger partial charge in [-0.2, -0.15) is 0 Å². The molecule has 48 valence electrons. The molecule has 0 aliphatic heterocycles. The molecule has 0 saturated heterocycles. The van der Waals surface area contributed by atoms with E-state index >= 15 is 0 Å². The molecule has 1 atom stereocenters. The molecular formula is C9H12. The van der Waals surface area contributed by atoms with E-state index in [1.165, 1.54) is 19.3 Å². The molecule has 0 amide bonds. The first-order valence-corrected chi connectivity index (χ1v) is 3.73. The average Bonchev–Trinajstić information content (AvgIpc) is 2.46. The van der Waals surface area contributed by atoms with Gasteiger partial charge in [0, 0.05) is 0 Å². The van der Waals surface area contributed by atoms with Gasteiger partial charge in [-0.05, 0) is 24.7 Å². The minimum Gasteiger partial charge on any atom is -0.0804 e. The van der Waals surface area contributed by atoms with E-state index in [-0.39, 0.29) is 0 Å². The Bertz CT molecular complexity index is 186. The minimum absolute atomic E-state index is 0.579. The Labute approximate surface area is 56.3 Å². The third kappa shape index (κ3) is 0.592. The zero-order valence-electron chi connectivity index (χ0n) is 5.85. The lowest BCUT2D eigenvalue weighted by Gasteiger charge is -2.19. The molecule has 0 saturated carbocycles. The lowest BCUT2D eigenvalue weighted by molar-refractivity contribution is 0.405. The Balaban J connectivity index is 2.31. The maximum atomic E-state index is 2.39. The Hall–Kier alpha value is -0.520. The van der Waals surface area contributed by atoms with Crippen LogP contribution in [-0.4, -0.2) is 0 Å². The van der Waals surface area contributed by atoms with E-state index in [1.807, 2.05) is 0 Å². The smallest absolute Gasteiger partial charge is 0.00428 e. The van der Waals surface area contributed by atoms with E-state index in [2.05, 4.69) is 25.2 Å². The molecule has 0 nitrogen and oxygen atoms in total. The Morgan fingerprint density at radius 2 is 2.56 bits per heavy atom. The Kier molecular flexibility index (Phi) is 0.879. The molecule has 2 aliphatic rings. The van der Waals surface area contributed by atoms with Crippen LogP contribution in [0.5, 0.6) is 0 Å². The first-order chi connectivity index (χ1) is 4.35. The highest BCUT2D eigenvalue weighted by atomic mass is 14.4. The van der Waals surface area contributed by atoms with Crippen LogP contribution in [0.1, 0.15) is 26.2 Å². The fourth-order valence-electron chi connectivity index (χ4n) is 1.81. The van der Waals surface area contributed by atoms with Gasteiger partial charge in [-0.25, -0.2) is 0 Å². The third-order valence-corrected chi connectivity index (χ3v) is 2.68. The van der Waals surface area contributed by atoms with Gasteiger partial charge >= 0.3 is 0 Å². The van der Waals surface area contributed by atoms with E-state index in [1.54, 1.807) is 5.57 Å². The van der Waals surface area contributed by atoms with Crippen molar-refractivity contribution >= 4 is 0 Å². The van der Waals surface area contributed by atoms with Crippen LogP contribution in [-0.2, 0) is 0 Å². The highest BCUT2D eigenvalue weighted by Gasteiger charge is 2.33. The summed E-state index contributed by atoms with van der Waals surface area (Å²) in [5.41, 5.74) is 2.15. The van der Waals surface area contributed by atoms with Crippen LogP contribution in [0.25, 0.3) is 0 Å². The van der Waals surface area contributed by atoms with Crippen molar-refractivity contribution in [3.63, 3.8) is 0 Å². The van der Waals surface area contributed by atoms with Gasteiger partial charge in [0.1, 0.15) is 0 Å². The second kappa shape index (κ2) is 1.50. The van der Waals surface area contributed by atoms with Crippen LogP contribution in [0.15, 0.2) is 23.8 Å². The summed E-state index contributed by atoms with van der Waals surface area (Å²) in [4.78, 5) is 0. The molecule has 0 radical (unpaired) electrons.